The number of likely N-dealkylation sites (N-methyl/N-ethyl adjacent to an activating group) is 2. The summed E-state index contributed by atoms with van der Waals surface area (Å²) >= 11 is 0. The van der Waals surface area contributed by atoms with E-state index in [1.54, 1.807) is 20.2 Å². The van der Waals surface area contributed by atoms with Crippen LogP contribution in [0.5, 0.6) is 0 Å². The van der Waals surface area contributed by atoms with Gasteiger partial charge in [-0.15, -0.1) is 0 Å². The van der Waals surface area contributed by atoms with Crippen LogP contribution in [0.1, 0.15) is 12.5 Å². The summed E-state index contributed by atoms with van der Waals surface area (Å²) in [6, 6.07) is 2.94. The predicted octanol–water partition coefficient (Wildman–Crippen LogP) is 1.21. The SMILES string of the molecule is CCN(Cc1ccc(F)nc1)C(C[N+](=O)[O-])N(C)C. The lowest BCUT2D eigenvalue weighted by molar-refractivity contribution is -0.491. The second kappa shape index (κ2) is 7.10. The minimum Gasteiger partial charge on any atom is -0.289 e. The van der Waals surface area contributed by atoms with Crippen molar-refractivity contribution in [2.45, 2.75) is 19.6 Å². The molecule has 1 aromatic heterocycles. The van der Waals surface area contributed by atoms with Crippen LogP contribution in [0, 0.1) is 16.1 Å². The van der Waals surface area contributed by atoms with Crippen molar-refractivity contribution in [3.63, 3.8) is 0 Å². The molecule has 0 spiro atoms. The molecule has 0 aliphatic heterocycles. The highest BCUT2D eigenvalue weighted by Crippen LogP contribution is 2.10. The molecule has 1 rings (SSSR count). The quantitative estimate of drug-likeness (QED) is 0.322. The highest BCUT2D eigenvalue weighted by atomic mass is 19.1. The van der Waals surface area contributed by atoms with Gasteiger partial charge >= 0.3 is 0 Å². The number of nitrogens with zero attached hydrogens (tertiary/aromatic N) is 4. The van der Waals surface area contributed by atoms with Crippen molar-refractivity contribution in [1.82, 2.24) is 14.8 Å². The normalized spacial score (nSPS) is 12.9. The van der Waals surface area contributed by atoms with E-state index in [0.717, 1.165) is 5.56 Å². The Hall–Kier alpha value is -1.60. The molecule has 7 heteroatoms. The Balaban J connectivity index is 2.79. The third-order valence-electron chi connectivity index (χ3n) is 2.91. The number of aromatic nitrogens is 1. The molecule has 1 aromatic rings. The molecule has 0 amide bonds. The fourth-order valence-electron chi connectivity index (χ4n) is 1.90. The summed E-state index contributed by atoms with van der Waals surface area (Å²) in [6.07, 6.45) is 1.15. The van der Waals surface area contributed by atoms with Crippen LogP contribution in [0.15, 0.2) is 18.3 Å². The lowest BCUT2D eigenvalue weighted by Crippen LogP contribution is -2.48. The van der Waals surface area contributed by atoms with Crippen molar-refractivity contribution in [3.8, 4) is 0 Å². The van der Waals surface area contributed by atoms with E-state index >= 15 is 0 Å². The van der Waals surface area contributed by atoms with Gasteiger partial charge in [-0.25, -0.2) is 4.98 Å². The molecule has 0 N–H and O–H groups in total. The highest BCUT2D eigenvalue weighted by molar-refractivity contribution is 5.09. The Labute approximate surface area is 112 Å². The van der Waals surface area contributed by atoms with Crippen molar-refractivity contribution in [1.29, 1.82) is 0 Å². The van der Waals surface area contributed by atoms with Crippen LogP contribution < -0.4 is 0 Å². The number of hydrogen-bond acceptors (Lipinski definition) is 5. The van der Waals surface area contributed by atoms with Gasteiger partial charge in [0.05, 0.1) is 0 Å². The second-order valence-corrected chi connectivity index (χ2v) is 4.51. The van der Waals surface area contributed by atoms with Gasteiger partial charge in [0.15, 0.2) is 0 Å². The molecule has 1 unspecified atom stereocenters. The maximum absolute atomic E-state index is 12.7. The zero-order valence-corrected chi connectivity index (χ0v) is 11.4. The van der Waals surface area contributed by atoms with Crippen LogP contribution in [-0.4, -0.2) is 53.1 Å². The molecule has 0 radical (unpaired) electrons. The molecule has 0 fully saturated rings. The zero-order chi connectivity index (χ0) is 14.4. The molecular formula is C12H19FN4O2. The van der Waals surface area contributed by atoms with E-state index in [0.29, 0.717) is 13.1 Å². The first-order valence-corrected chi connectivity index (χ1v) is 6.06. The Morgan fingerprint density at radius 1 is 1.47 bits per heavy atom. The van der Waals surface area contributed by atoms with Crippen LogP contribution in [0.4, 0.5) is 4.39 Å². The van der Waals surface area contributed by atoms with Gasteiger partial charge in [-0.1, -0.05) is 13.0 Å². The summed E-state index contributed by atoms with van der Waals surface area (Å²) in [6.45, 7) is 2.94. The van der Waals surface area contributed by atoms with Crippen molar-refractivity contribution in [2.75, 3.05) is 27.2 Å². The molecular weight excluding hydrogens is 251 g/mol. The standard InChI is InChI=1S/C12H19FN4O2/c1-4-16(12(15(2)3)9-17(18)19)8-10-5-6-11(13)14-7-10/h5-7,12H,4,8-9H2,1-3H3. The van der Waals surface area contributed by atoms with Gasteiger partial charge in [-0.2, -0.15) is 4.39 Å². The molecule has 0 aliphatic rings. The van der Waals surface area contributed by atoms with Crippen LogP contribution in [0.2, 0.25) is 0 Å². The minimum atomic E-state index is -0.527. The molecule has 0 saturated heterocycles. The smallest absolute Gasteiger partial charge is 0.232 e. The van der Waals surface area contributed by atoms with Gasteiger partial charge < -0.3 is 0 Å². The molecule has 19 heavy (non-hydrogen) atoms. The first kappa shape index (κ1) is 15.5. The average molecular weight is 270 g/mol. The van der Waals surface area contributed by atoms with E-state index in [1.165, 1.54) is 12.3 Å². The lowest BCUT2D eigenvalue weighted by Gasteiger charge is -2.32. The summed E-state index contributed by atoms with van der Waals surface area (Å²) in [5.41, 5.74) is 0.832. The topological polar surface area (TPSA) is 62.5 Å². The number of rotatable bonds is 7. The van der Waals surface area contributed by atoms with Gasteiger partial charge in [0.1, 0.15) is 6.17 Å². The summed E-state index contributed by atoms with van der Waals surface area (Å²) in [4.78, 5) is 17.8. The van der Waals surface area contributed by atoms with E-state index in [9.17, 15) is 14.5 Å². The van der Waals surface area contributed by atoms with E-state index < -0.39 is 5.95 Å². The summed E-state index contributed by atoms with van der Waals surface area (Å²) in [7, 11) is 3.61. The highest BCUT2D eigenvalue weighted by Gasteiger charge is 2.24. The molecule has 0 aromatic carbocycles. The summed E-state index contributed by atoms with van der Waals surface area (Å²) in [5.74, 6) is -0.527. The Morgan fingerprint density at radius 2 is 2.16 bits per heavy atom. The third kappa shape index (κ3) is 4.88. The summed E-state index contributed by atoms with van der Waals surface area (Å²) in [5, 5.41) is 10.7. The number of pyridine rings is 1. The van der Waals surface area contributed by atoms with Gasteiger partial charge in [-0.3, -0.25) is 19.9 Å². The van der Waals surface area contributed by atoms with Crippen molar-refractivity contribution in [3.05, 3.63) is 40.0 Å². The van der Waals surface area contributed by atoms with Crippen LogP contribution in [-0.2, 0) is 6.54 Å². The van der Waals surface area contributed by atoms with E-state index in [2.05, 4.69) is 4.98 Å². The van der Waals surface area contributed by atoms with Crippen molar-refractivity contribution < 1.29 is 9.31 Å². The molecule has 106 valence electrons. The van der Waals surface area contributed by atoms with Gasteiger partial charge in [0.2, 0.25) is 12.5 Å². The maximum Gasteiger partial charge on any atom is 0.232 e. The lowest BCUT2D eigenvalue weighted by atomic mass is 10.2. The molecule has 1 atom stereocenters. The van der Waals surface area contributed by atoms with Crippen LogP contribution >= 0.6 is 0 Å². The second-order valence-electron chi connectivity index (χ2n) is 4.51. The first-order valence-electron chi connectivity index (χ1n) is 6.06. The molecule has 0 bridgehead atoms. The molecule has 1 heterocycles. The van der Waals surface area contributed by atoms with Gasteiger partial charge in [0, 0.05) is 17.7 Å². The predicted molar refractivity (Wildman–Crippen MR) is 69.6 cm³/mol. The number of nitro groups is 1. The fraction of sp³-hybridized carbons (Fsp3) is 0.583. The van der Waals surface area contributed by atoms with Crippen molar-refractivity contribution >= 4 is 0 Å². The third-order valence-corrected chi connectivity index (χ3v) is 2.91. The van der Waals surface area contributed by atoms with Crippen molar-refractivity contribution in [2.24, 2.45) is 0 Å². The Bertz CT molecular complexity index is 411. The monoisotopic (exact) mass is 270 g/mol. The minimum absolute atomic E-state index is 0.157. The molecule has 6 nitrogen and oxygen atoms in total. The van der Waals surface area contributed by atoms with Crippen LogP contribution in [0.25, 0.3) is 0 Å². The fourth-order valence-corrected chi connectivity index (χ4v) is 1.90. The van der Waals surface area contributed by atoms with E-state index in [1.807, 2.05) is 16.7 Å². The Morgan fingerprint density at radius 3 is 2.58 bits per heavy atom. The zero-order valence-electron chi connectivity index (χ0n) is 11.4. The molecule has 0 aliphatic carbocycles. The first-order chi connectivity index (χ1) is 8.93. The maximum atomic E-state index is 12.7. The van der Waals surface area contributed by atoms with E-state index in [4.69, 9.17) is 0 Å². The number of halogens is 1. The van der Waals surface area contributed by atoms with Gasteiger partial charge in [0.25, 0.3) is 0 Å². The van der Waals surface area contributed by atoms with Gasteiger partial charge in [-0.05, 0) is 32.3 Å². The van der Waals surface area contributed by atoms with Crippen LogP contribution in [0.3, 0.4) is 0 Å². The van der Waals surface area contributed by atoms with E-state index in [-0.39, 0.29) is 17.6 Å². The largest absolute Gasteiger partial charge is 0.289 e. The number of hydrogen-bond donors (Lipinski definition) is 0. The summed E-state index contributed by atoms with van der Waals surface area (Å²) < 4.78 is 12.7. The molecule has 0 saturated carbocycles. The Kier molecular flexibility index (Phi) is 5.78. The average Bonchev–Trinajstić information content (AvgIpc) is 2.35.